The van der Waals surface area contributed by atoms with Gasteiger partial charge in [-0.3, -0.25) is 9.59 Å². The van der Waals surface area contributed by atoms with Crippen molar-refractivity contribution >= 4 is 39.9 Å². The summed E-state index contributed by atoms with van der Waals surface area (Å²) in [6.07, 6.45) is 9.05. The quantitative estimate of drug-likeness (QED) is 0.491. The number of hydrogen-bond acceptors (Lipinski definition) is 6. The van der Waals surface area contributed by atoms with Crippen LogP contribution in [0, 0.1) is 0 Å². The van der Waals surface area contributed by atoms with Gasteiger partial charge in [-0.2, -0.15) is 0 Å². The third-order valence-corrected chi connectivity index (χ3v) is 6.77. The monoisotopic (exact) mass is 407 g/mol. The lowest BCUT2D eigenvalue weighted by atomic mass is 9.95. The highest BCUT2D eigenvalue weighted by atomic mass is 32.2. The fraction of sp³-hybridized carbons (Fsp3) is 0.556. The number of primary amides is 1. The van der Waals surface area contributed by atoms with E-state index in [1.165, 1.54) is 28.0 Å². The number of aryl methyl sites for hydroxylation is 2. The topological polar surface area (TPSA) is 103 Å². The van der Waals surface area contributed by atoms with Crippen LogP contribution in [0.3, 0.4) is 0 Å². The number of rotatable bonds is 9. The Morgan fingerprint density at radius 2 is 2.15 bits per heavy atom. The van der Waals surface area contributed by atoms with E-state index in [0.29, 0.717) is 10.6 Å². The molecule has 146 valence electrons. The van der Waals surface area contributed by atoms with Crippen LogP contribution >= 0.6 is 23.1 Å². The minimum absolute atomic E-state index is 0.163. The van der Waals surface area contributed by atoms with Crippen LogP contribution in [0.1, 0.15) is 59.8 Å². The van der Waals surface area contributed by atoms with Crippen LogP contribution < -0.4 is 11.1 Å². The Morgan fingerprint density at radius 3 is 2.93 bits per heavy atom. The van der Waals surface area contributed by atoms with E-state index < -0.39 is 5.91 Å². The van der Waals surface area contributed by atoms with Gasteiger partial charge in [-0.25, -0.2) is 0 Å². The molecule has 0 radical (unpaired) electrons. The van der Waals surface area contributed by atoms with Crippen molar-refractivity contribution in [2.24, 2.45) is 5.73 Å². The highest BCUT2D eigenvalue weighted by molar-refractivity contribution is 7.99. The summed E-state index contributed by atoms with van der Waals surface area (Å²) in [6, 6.07) is 0. The fourth-order valence-electron chi connectivity index (χ4n) is 3.25. The summed E-state index contributed by atoms with van der Waals surface area (Å²) >= 11 is 2.84. The Hall–Kier alpha value is -1.87. The Balaban J connectivity index is 1.61. The van der Waals surface area contributed by atoms with Crippen molar-refractivity contribution < 1.29 is 9.59 Å². The van der Waals surface area contributed by atoms with E-state index in [1.807, 2.05) is 4.57 Å². The molecule has 0 aliphatic heterocycles. The Labute approximate surface area is 167 Å². The van der Waals surface area contributed by atoms with Gasteiger partial charge in [0.2, 0.25) is 5.91 Å². The van der Waals surface area contributed by atoms with Crippen LogP contribution in [0.25, 0.3) is 0 Å². The van der Waals surface area contributed by atoms with Gasteiger partial charge in [0.1, 0.15) is 11.3 Å². The van der Waals surface area contributed by atoms with E-state index in [9.17, 15) is 9.59 Å². The molecule has 2 amide bonds. The molecule has 9 heteroatoms. The maximum atomic E-state index is 12.4. The maximum Gasteiger partial charge on any atom is 0.251 e. The van der Waals surface area contributed by atoms with Gasteiger partial charge in [0.25, 0.3) is 5.91 Å². The van der Waals surface area contributed by atoms with Crippen molar-refractivity contribution in [3.63, 3.8) is 0 Å². The minimum Gasteiger partial charge on any atom is -0.365 e. The van der Waals surface area contributed by atoms with Gasteiger partial charge in [0, 0.05) is 11.4 Å². The summed E-state index contributed by atoms with van der Waals surface area (Å²) in [6.45, 7) is 3.02. The molecular weight excluding hydrogens is 382 g/mol. The second kappa shape index (κ2) is 9.36. The van der Waals surface area contributed by atoms with Crippen LogP contribution in [-0.4, -0.2) is 32.3 Å². The molecule has 0 spiro atoms. The molecule has 0 atom stereocenters. The number of nitrogens with two attached hydrogens (primary N) is 1. The number of hydrogen-bond donors (Lipinski definition) is 2. The third-order valence-electron chi connectivity index (χ3n) is 4.59. The van der Waals surface area contributed by atoms with Crippen LogP contribution in [0.15, 0.2) is 11.5 Å². The van der Waals surface area contributed by atoms with Crippen LogP contribution in [0.2, 0.25) is 0 Å². The zero-order chi connectivity index (χ0) is 19.2. The second-order valence-corrected chi connectivity index (χ2v) is 8.68. The van der Waals surface area contributed by atoms with Gasteiger partial charge in [-0.05, 0) is 37.7 Å². The lowest BCUT2D eigenvalue weighted by molar-refractivity contribution is -0.113. The molecule has 0 unspecified atom stereocenters. The summed E-state index contributed by atoms with van der Waals surface area (Å²) in [5, 5.41) is 12.3. The van der Waals surface area contributed by atoms with Gasteiger partial charge in [0.15, 0.2) is 5.16 Å². The Kier molecular flexibility index (Phi) is 6.89. The largest absolute Gasteiger partial charge is 0.365 e. The van der Waals surface area contributed by atoms with Crippen molar-refractivity contribution in [1.29, 1.82) is 0 Å². The summed E-state index contributed by atoms with van der Waals surface area (Å²) in [7, 11) is 0. The second-order valence-electron chi connectivity index (χ2n) is 6.63. The fourth-order valence-corrected chi connectivity index (χ4v) is 5.30. The van der Waals surface area contributed by atoms with Crippen molar-refractivity contribution in [3.05, 3.63) is 22.3 Å². The van der Waals surface area contributed by atoms with Crippen molar-refractivity contribution in [2.45, 2.75) is 63.6 Å². The van der Waals surface area contributed by atoms with E-state index in [-0.39, 0.29) is 11.7 Å². The zero-order valence-electron chi connectivity index (χ0n) is 15.5. The molecule has 3 N–H and O–H groups in total. The first-order valence-electron chi connectivity index (χ1n) is 9.35. The zero-order valence-corrected chi connectivity index (χ0v) is 17.1. The first-order valence-corrected chi connectivity index (χ1v) is 11.1. The first-order chi connectivity index (χ1) is 13.1. The third kappa shape index (κ3) is 4.90. The number of carbonyl (C=O) groups excluding carboxylic acids is 2. The molecule has 0 aromatic carbocycles. The highest BCUT2D eigenvalue weighted by Crippen LogP contribution is 2.38. The minimum atomic E-state index is -0.465. The molecule has 0 saturated heterocycles. The molecule has 27 heavy (non-hydrogen) atoms. The number of anilines is 1. The summed E-state index contributed by atoms with van der Waals surface area (Å²) in [4.78, 5) is 25.5. The molecule has 2 aromatic rings. The smallest absolute Gasteiger partial charge is 0.251 e. The normalized spacial score (nSPS) is 13.4. The van der Waals surface area contributed by atoms with Crippen molar-refractivity contribution in [1.82, 2.24) is 14.8 Å². The van der Waals surface area contributed by atoms with Gasteiger partial charge in [-0.15, -0.1) is 21.5 Å². The van der Waals surface area contributed by atoms with Gasteiger partial charge in [-0.1, -0.05) is 31.5 Å². The van der Waals surface area contributed by atoms with Crippen molar-refractivity contribution in [2.75, 3.05) is 11.1 Å². The lowest BCUT2D eigenvalue weighted by Crippen LogP contribution is -2.19. The number of thiophene rings is 1. The SMILES string of the molecule is CCCCCn1cnnc1SCC(=O)Nc1sc2c(c1C(N)=O)CCCC2. The number of amides is 2. The van der Waals surface area contributed by atoms with Crippen LogP contribution in [-0.2, 0) is 24.2 Å². The predicted molar refractivity (Wildman–Crippen MR) is 108 cm³/mol. The van der Waals surface area contributed by atoms with Crippen LogP contribution in [0.4, 0.5) is 5.00 Å². The number of unbranched alkanes of at least 4 members (excludes halogenated alkanes) is 2. The van der Waals surface area contributed by atoms with Crippen molar-refractivity contribution in [3.8, 4) is 0 Å². The molecule has 2 aromatic heterocycles. The molecule has 0 fully saturated rings. The van der Waals surface area contributed by atoms with E-state index in [0.717, 1.165) is 62.2 Å². The maximum absolute atomic E-state index is 12.4. The van der Waals surface area contributed by atoms with Gasteiger partial charge in [0.05, 0.1) is 11.3 Å². The summed E-state index contributed by atoms with van der Waals surface area (Å²) in [5.74, 6) is -0.412. The molecule has 0 bridgehead atoms. The predicted octanol–water partition coefficient (Wildman–Crippen LogP) is 3.24. The number of nitrogens with zero attached hydrogens (tertiary/aromatic N) is 3. The molecule has 0 saturated carbocycles. The standard InChI is InChI=1S/C18H25N5O2S2/c1-2-3-6-9-23-11-20-22-18(23)26-10-14(24)21-17-15(16(19)25)12-7-4-5-8-13(12)27-17/h11H,2-10H2,1H3,(H2,19,25)(H,21,24). The Bertz CT molecular complexity index is 815. The van der Waals surface area contributed by atoms with E-state index >= 15 is 0 Å². The average molecular weight is 408 g/mol. The first kappa shape index (κ1) is 19.9. The number of aromatic nitrogens is 3. The van der Waals surface area contributed by atoms with Crippen LogP contribution in [0.5, 0.6) is 0 Å². The average Bonchev–Trinajstić information content (AvgIpc) is 3.23. The van der Waals surface area contributed by atoms with Gasteiger partial charge < -0.3 is 15.6 Å². The van der Waals surface area contributed by atoms with Gasteiger partial charge >= 0.3 is 0 Å². The van der Waals surface area contributed by atoms with E-state index in [4.69, 9.17) is 5.73 Å². The number of thioether (sulfide) groups is 1. The summed E-state index contributed by atoms with van der Waals surface area (Å²) < 4.78 is 1.98. The van der Waals surface area contributed by atoms with E-state index in [1.54, 1.807) is 6.33 Å². The Morgan fingerprint density at radius 1 is 1.33 bits per heavy atom. The number of carbonyl (C=O) groups is 2. The number of fused-ring (bicyclic) bond motifs is 1. The lowest BCUT2D eigenvalue weighted by Gasteiger charge is -2.11. The molecule has 1 aliphatic carbocycles. The highest BCUT2D eigenvalue weighted by Gasteiger charge is 2.25. The summed E-state index contributed by atoms with van der Waals surface area (Å²) in [5.41, 5.74) is 7.10. The molecule has 3 rings (SSSR count). The van der Waals surface area contributed by atoms with E-state index in [2.05, 4.69) is 22.4 Å². The molecule has 7 nitrogen and oxygen atoms in total. The molecule has 2 heterocycles. The molecule has 1 aliphatic rings. The number of nitrogens with one attached hydrogen (secondary N) is 1. The molecular formula is C18H25N5O2S2.